The number of para-hydroxylation sites is 2. The van der Waals surface area contributed by atoms with E-state index in [1.165, 1.54) is 5.69 Å². The van der Waals surface area contributed by atoms with Crippen LogP contribution in [0.1, 0.15) is 18.4 Å². The van der Waals surface area contributed by atoms with Crippen molar-refractivity contribution in [3.63, 3.8) is 0 Å². The molecule has 0 radical (unpaired) electrons. The van der Waals surface area contributed by atoms with Crippen LogP contribution in [-0.2, 0) is 6.54 Å². The van der Waals surface area contributed by atoms with Gasteiger partial charge in [0.2, 0.25) is 0 Å². The van der Waals surface area contributed by atoms with Gasteiger partial charge in [0.15, 0.2) is 0 Å². The molecule has 0 unspecified atom stereocenters. The van der Waals surface area contributed by atoms with Gasteiger partial charge in [-0.25, -0.2) is 5.01 Å². The predicted octanol–water partition coefficient (Wildman–Crippen LogP) is 4.11. The molecule has 4 rings (SSSR count). The molecule has 0 saturated carbocycles. The fourth-order valence-electron chi connectivity index (χ4n) is 4.17. The summed E-state index contributed by atoms with van der Waals surface area (Å²) in [4.78, 5) is 7.55. The molecule has 2 aliphatic heterocycles. The summed E-state index contributed by atoms with van der Waals surface area (Å²) in [6.07, 6.45) is 2.05. The number of halogens is 1. The Morgan fingerprint density at radius 3 is 2.57 bits per heavy atom. The first-order chi connectivity index (χ1) is 13.5. The van der Waals surface area contributed by atoms with Gasteiger partial charge in [-0.15, -0.1) is 0 Å². The van der Waals surface area contributed by atoms with Crippen LogP contribution in [-0.4, -0.2) is 55.5 Å². The van der Waals surface area contributed by atoms with E-state index < -0.39 is 0 Å². The van der Waals surface area contributed by atoms with Gasteiger partial charge < -0.3 is 10.2 Å². The Balaban J connectivity index is 1.78. The molecule has 2 aromatic carbocycles. The normalized spacial score (nSPS) is 20.5. The van der Waals surface area contributed by atoms with Crippen LogP contribution in [0.15, 0.2) is 53.5 Å². The second kappa shape index (κ2) is 7.74. The van der Waals surface area contributed by atoms with Crippen LogP contribution in [0.5, 0.6) is 0 Å². The number of anilines is 2. The highest BCUT2D eigenvalue weighted by molar-refractivity contribution is 6.30. The molecule has 2 aromatic rings. The molecule has 6 heteroatoms. The molecule has 5 nitrogen and oxygen atoms in total. The van der Waals surface area contributed by atoms with E-state index in [9.17, 15) is 0 Å². The van der Waals surface area contributed by atoms with E-state index in [1.54, 1.807) is 0 Å². The molecule has 1 spiro atoms. The molecule has 2 heterocycles. The number of rotatable bonds is 3. The van der Waals surface area contributed by atoms with Gasteiger partial charge in [-0.2, -0.15) is 0 Å². The van der Waals surface area contributed by atoms with E-state index in [1.807, 2.05) is 18.2 Å². The minimum absolute atomic E-state index is 0.163. The Labute approximate surface area is 172 Å². The van der Waals surface area contributed by atoms with Gasteiger partial charge in [0.25, 0.3) is 0 Å². The van der Waals surface area contributed by atoms with Gasteiger partial charge in [0, 0.05) is 32.2 Å². The van der Waals surface area contributed by atoms with Gasteiger partial charge in [0.1, 0.15) is 5.84 Å². The van der Waals surface area contributed by atoms with Crippen molar-refractivity contribution >= 4 is 28.8 Å². The summed E-state index contributed by atoms with van der Waals surface area (Å²) in [6, 6.07) is 16.5. The minimum Gasteiger partial charge on any atom is -0.371 e. The van der Waals surface area contributed by atoms with Crippen molar-refractivity contribution in [2.75, 3.05) is 44.6 Å². The molecule has 1 saturated heterocycles. The zero-order valence-electron chi connectivity index (χ0n) is 16.8. The van der Waals surface area contributed by atoms with Crippen LogP contribution < -0.4 is 10.3 Å². The van der Waals surface area contributed by atoms with Crippen molar-refractivity contribution in [1.29, 1.82) is 0 Å². The van der Waals surface area contributed by atoms with Crippen molar-refractivity contribution in [3.05, 3.63) is 59.1 Å². The number of piperidine rings is 1. The third kappa shape index (κ3) is 3.62. The molecule has 2 aliphatic rings. The lowest BCUT2D eigenvalue weighted by Crippen LogP contribution is -2.64. The molecule has 148 valence electrons. The smallest absolute Gasteiger partial charge is 0.145 e. The lowest BCUT2D eigenvalue weighted by molar-refractivity contribution is 0.234. The topological polar surface area (TPSA) is 34.1 Å². The third-order valence-electron chi connectivity index (χ3n) is 5.68. The molecule has 1 fully saturated rings. The van der Waals surface area contributed by atoms with E-state index in [0.29, 0.717) is 6.54 Å². The minimum atomic E-state index is -0.163. The van der Waals surface area contributed by atoms with Crippen LogP contribution in [0.3, 0.4) is 0 Å². The number of fused-ring (bicyclic) bond motifs is 1. The Hall–Kier alpha value is -2.08. The van der Waals surface area contributed by atoms with Crippen LogP contribution in [0, 0.1) is 0 Å². The number of hydrogen-bond acceptors (Lipinski definition) is 4. The largest absolute Gasteiger partial charge is 0.371 e. The highest BCUT2D eigenvalue weighted by Gasteiger charge is 2.46. The van der Waals surface area contributed by atoms with E-state index in [2.05, 4.69) is 71.7 Å². The summed E-state index contributed by atoms with van der Waals surface area (Å²) in [5, 5.41) is 9.02. The Morgan fingerprint density at radius 2 is 1.86 bits per heavy atom. The van der Waals surface area contributed by atoms with E-state index in [0.717, 1.165) is 48.0 Å². The number of nitrogens with one attached hydrogen (secondary N) is 1. The van der Waals surface area contributed by atoms with Gasteiger partial charge >= 0.3 is 0 Å². The van der Waals surface area contributed by atoms with Gasteiger partial charge in [-0.3, -0.25) is 10.0 Å². The summed E-state index contributed by atoms with van der Waals surface area (Å²) in [5.41, 5.74) is 3.27. The second-order valence-electron chi connectivity index (χ2n) is 7.96. The first-order valence-electron chi connectivity index (χ1n) is 9.81. The molecule has 28 heavy (non-hydrogen) atoms. The number of hydrazine groups is 1. The monoisotopic (exact) mass is 397 g/mol. The lowest BCUT2D eigenvalue weighted by atomic mass is 9.83. The molecular formula is C22H28ClN5. The number of amidine groups is 1. The molecular weight excluding hydrogens is 370 g/mol. The van der Waals surface area contributed by atoms with Gasteiger partial charge in [-0.1, -0.05) is 35.9 Å². The third-order valence-corrected chi connectivity index (χ3v) is 5.91. The zero-order chi connectivity index (χ0) is 19.7. The molecule has 0 amide bonds. The lowest BCUT2D eigenvalue weighted by Gasteiger charge is -2.51. The highest BCUT2D eigenvalue weighted by Crippen LogP contribution is 2.40. The van der Waals surface area contributed by atoms with Crippen LogP contribution in [0.4, 0.5) is 11.4 Å². The van der Waals surface area contributed by atoms with Gasteiger partial charge in [0.05, 0.1) is 23.5 Å². The average molecular weight is 398 g/mol. The molecule has 0 aromatic heterocycles. The molecule has 0 bridgehead atoms. The van der Waals surface area contributed by atoms with Crippen molar-refractivity contribution in [2.24, 2.45) is 4.99 Å². The highest BCUT2D eigenvalue weighted by atomic mass is 35.5. The maximum Gasteiger partial charge on any atom is 0.145 e. The number of nitrogens with zero attached hydrogens (tertiary/aromatic N) is 4. The van der Waals surface area contributed by atoms with Crippen molar-refractivity contribution in [3.8, 4) is 0 Å². The quantitative estimate of drug-likeness (QED) is 0.845. The van der Waals surface area contributed by atoms with Gasteiger partial charge in [-0.05, 0) is 49.7 Å². The van der Waals surface area contributed by atoms with Crippen LogP contribution in [0.25, 0.3) is 0 Å². The molecule has 0 atom stereocenters. The predicted molar refractivity (Wildman–Crippen MR) is 118 cm³/mol. The summed E-state index contributed by atoms with van der Waals surface area (Å²) in [6.45, 7) is 2.71. The van der Waals surface area contributed by atoms with Crippen LogP contribution in [0.2, 0.25) is 5.02 Å². The average Bonchev–Trinajstić information content (AvgIpc) is 2.68. The SMILES string of the molecule is CN1CCC2(CC1)Nc1ccccc1N(N(C)C)C2=NCc1cccc(Cl)c1. The van der Waals surface area contributed by atoms with E-state index >= 15 is 0 Å². The first kappa shape index (κ1) is 19.2. The Bertz CT molecular complexity index is 871. The molecule has 1 N–H and O–H groups in total. The number of benzene rings is 2. The Kier molecular flexibility index (Phi) is 5.32. The zero-order valence-corrected chi connectivity index (χ0v) is 17.6. The summed E-state index contributed by atoms with van der Waals surface area (Å²) >= 11 is 6.19. The van der Waals surface area contributed by atoms with E-state index in [-0.39, 0.29) is 5.54 Å². The fourth-order valence-corrected chi connectivity index (χ4v) is 4.38. The Morgan fingerprint density at radius 1 is 1.11 bits per heavy atom. The van der Waals surface area contributed by atoms with Crippen molar-refractivity contribution < 1.29 is 0 Å². The van der Waals surface area contributed by atoms with Crippen molar-refractivity contribution in [1.82, 2.24) is 9.91 Å². The second-order valence-corrected chi connectivity index (χ2v) is 8.39. The standard InChI is InChI=1S/C22H28ClN5/c1-26(2)28-20-10-5-4-9-19(20)25-22(11-13-27(3)14-12-22)21(28)24-16-17-7-6-8-18(23)15-17/h4-10,15,25H,11-14,16H2,1-3H3. The van der Waals surface area contributed by atoms with Crippen molar-refractivity contribution in [2.45, 2.75) is 24.9 Å². The summed E-state index contributed by atoms with van der Waals surface area (Å²) in [7, 11) is 6.36. The maximum atomic E-state index is 6.19. The maximum absolute atomic E-state index is 6.19. The summed E-state index contributed by atoms with van der Waals surface area (Å²) < 4.78 is 0. The number of hydrogen-bond donors (Lipinski definition) is 1. The number of aliphatic imine (C=N–C) groups is 1. The number of likely N-dealkylation sites (tertiary alicyclic amines) is 1. The summed E-state index contributed by atoms with van der Waals surface area (Å²) in [5.74, 6) is 1.09. The van der Waals surface area contributed by atoms with Crippen LogP contribution >= 0.6 is 11.6 Å². The first-order valence-corrected chi connectivity index (χ1v) is 10.2. The fraction of sp³-hybridized carbons (Fsp3) is 0.409. The van der Waals surface area contributed by atoms with E-state index in [4.69, 9.17) is 16.6 Å². The molecule has 0 aliphatic carbocycles.